The van der Waals surface area contributed by atoms with Crippen molar-refractivity contribution in [3.63, 3.8) is 0 Å². The van der Waals surface area contributed by atoms with Crippen LogP contribution in [0.15, 0.2) is 12.4 Å². The Morgan fingerprint density at radius 2 is 1.27 bits per heavy atom. The number of hydrogen-bond donors (Lipinski definition) is 0. The van der Waals surface area contributed by atoms with Crippen LogP contribution in [0, 0.1) is 11.8 Å². The molecule has 6 heteroatoms. The summed E-state index contributed by atoms with van der Waals surface area (Å²) in [6.07, 6.45) is 6.21. The van der Waals surface area contributed by atoms with Crippen LogP contribution >= 0.6 is 0 Å². The summed E-state index contributed by atoms with van der Waals surface area (Å²) >= 11 is 0. The van der Waals surface area contributed by atoms with Crippen LogP contribution in [0.1, 0.15) is 26.7 Å². The molecule has 3 heterocycles. The van der Waals surface area contributed by atoms with Gasteiger partial charge in [-0.3, -0.25) is 0 Å². The minimum absolute atomic E-state index is 0.735. The van der Waals surface area contributed by atoms with Crippen molar-refractivity contribution >= 4 is 11.6 Å². The molecule has 0 N–H and O–H groups in total. The zero-order valence-corrected chi connectivity index (χ0v) is 17.1. The summed E-state index contributed by atoms with van der Waals surface area (Å²) in [5, 5.41) is 0. The van der Waals surface area contributed by atoms with Gasteiger partial charge >= 0.3 is 0 Å². The molecule has 1 aromatic heterocycles. The standard InChI is InChI=1S/C20H36N6/c1-5-23(3)13-17-7-11-25(15-17)19-20(22-10-9-21-19)26-12-8-18(16-26)14-24(4)6-2/h9-10,17-18H,5-8,11-16H2,1-4H3/t17-,18+. The molecule has 2 aliphatic rings. The van der Waals surface area contributed by atoms with Crippen LogP contribution in [0.2, 0.25) is 0 Å². The van der Waals surface area contributed by atoms with Gasteiger partial charge in [0.2, 0.25) is 0 Å². The van der Waals surface area contributed by atoms with Gasteiger partial charge in [0.1, 0.15) is 0 Å². The summed E-state index contributed by atoms with van der Waals surface area (Å²) < 4.78 is 0. The van der Waals surface area contributed by atoms with Crippen molar-refractivity contribution in [1.29, 1.82) is 0 Å². The Balaban J connectivity index is 1.64. The molecule has 0 bridgehead atoms. The van der Waals surface area contributed by atoms with Crippen molar-refractivity contribution in [2.24, 2.45) is 11.8 Å². The van der Waals surface area contributed by atoms with Gasteiger partial charge in [-0.05, 0) is 51.9 Å². The highest BCUT2D eigenvalue weighted by Gasteiger charge is 2.30. The minimum Gasteiger partial charge on any atom is -0.353 e. The van der Waals surface area contributed by atoms with Gasteiger partial charge in [0, 0.05) is 51.7 Å². The zero-order chi connectivity index (χ0) is 18.5. The number of rotatable bonds is 8. The van der Waals surface area contributed by atoms with Crippen molar-refractivity contribution in [1.82, 2.24) is 19.8 Å². The topological polar surface area (TPSA) is 38.7 Å². The van der Waals surface area contributed by atoms with Gasteiger partial charge in [0.25, 0.3) is 0 Å². The maximum absolute atomic E-state index is 4.74. The van der Waals surface area contributed by atoms with Gasteiger partial charge in [-0.15, -0.1) is 0 Å². The van der Waals surface area contributed by atoms with E-state index in [4.69, 9.17) is 9.97 Å². The Hall–Kier alpha value is -1.40. The molecule has 0 unspecified atom stereocenters. The van der Waals surface area contributed by atoms with Crippen LogP contribution < -0.4 is 9.80 Å². The second kappa shape index (κ2) is 9.00. The molecule has 0 saturated carbocycles. The van der Waals surface area contributed by atoms with E-state index < -0.39 is 0 Å². The highest BCUT2D eigenvalue weighted by Crippen LogP contribution is 2.32. The SMILES string of the molecule is CCN(C)C[C@H]1CCN(c2nccnc2N2CC[C@@H](CN(C)CC)C2)C1. The van der Waals surface area contributed by atoms with Gasteiger partial charge in [-0.2, -0.15) is 0 Å². The summed E-state index contributed by atoms with van der Waals surface area (Å²) in [4.78, 5) is 19.2. The molecule has 0 spiro atoms. The third kappa shape index (κ3) is 4.65. The van der Waals surface area contributed by atoms with Crippen LogP contribution in [0.4, 0.5) is 11.6 Å². The quantitative estimate of drug-likeness (QED) is 0.706. The Morgan fingerprint density at radius 3 is 1.65 bits per heavy atom. The predicted octanol–water partition coefficient (Wildman–Crippen LogP) is 2.03. The lowest BCUT2D eigenvalue weighted by atomic mass is 10.1. The van der Waals surface area contributed by atoms with Gasteiger partial charge in [-0.1, -0.05) is 13.8 Å². The van der Waals surface area contributed by atoms with Crippen LogP contribution in [-0.2, 0) is 0 Å². The lowest BCUT2D eigenvalue weighted by molar-refractivity contribution is 0.300. The first kappa shape index (κ1) is 19.4. The van der Waals surface area contributed by atoms with E-state index in [1.165, 1.54) is 25.9 Å². The van der Waals surface area contributed by atoms with Crippen molar-refractivity contribution in [2.45, 2.75) is 26.7 Å². The number of hydrogen-bond acceptors (Lipinski definition) is 6. The molecule has 2 atom stereocenters. The van der Waals surface area contributed by atoms with Gasteiger partial charge in [0.15, 0.2) is 11.6 Å². The molecule has 3 rings (SSSR count). The number of nitrogens with zero attached hydrogens (tertiary/aromatic N) is 6. The Labute approximate surface area is 159 Å². The molecule has 26 heavy (non-hydrogen) atoms. The van der Waals surface area contributed by atoms with E-state index in [1.807, 2.05) is 12.4 Å². The fraction of sp³-hybridized carbons (Fsp3) is 0.800. The molecule has 0 aromatic carbocycles. The normalized spacial score (nSPS) is 23.6. The lowest BCUT2D eigenvalue weighted by Gasteiger charge is -2.26. The fourth-order valence-electron chi connectivity index (χ4n) is 4.26. The van der Waals surface area contributed by atoms with Gasteiger partial charge in [-0.25, -0.2) is 9.97 Å². The molecule has 2 saturated heterocycles. The maximum atomic E-state index is 4.74. The molecule has 2 fully saturated rings. The smallest absolute Gasteiger partial charge is 0.171 e. The van der Waals surface area contributed by atoms with E-state index in [1.54, 1.807) is 0 Å². The number of aromatic nitrogens is 2. The summed E-state index contributed by atoms with van der Waals surface area (Å²) in [7, 11) is 4.43. The van der Waals surface area contributed by atoms with Crippen LogP contribution in [0.3, 0.4) is 0 Å². The average Bonchev–Trinajstić information content (AvgIpc) is 3.31. The lowest BCUT2D eigenvalue weighted by Crippen LogP contribution is -2.31. The van der Waals surface area contributed by atoms with E-state index in [0.29, 0.717) is 0 Å². The first-order valence-corrected chi connectivity index (χ1v) is 10.3. The second-order valence-electron chi connectivity index (χ2n) is 8.11. The molecule has 0 radical (unpaired) electrons. The Morgan fingerprint density at radius 1 is 0.846 bits per heavy atom. The van der Waals surface area contributed by atoms with Crippen LogP contribution in [-0.4, -0.2) is 86.2 Å². The molecule has 2 aliphatic heterocycles. The van der Waals surface area contributed by atoms with Crippen molar-refractivity contribution in [3.05, 3.63) is 12.4 Å². The Bertz CT molecular complexity index is 516. The molecule has 0 aliphatic carbocycles. The fourth-order valence-corrected chi connectivity index (χ4v) is 4.26. The van der Waals surface area contributed by atoms with Crippen molar-refractivity contribution in [2.75, 3.05) is 76.3 Å². The predicted molar refractivity (Wildman–Crippen MR) is 109 cm³/mol. The molecule has 0 amide bonds. The van der Waals surface area contributed by atoms with E-state index in [0.717, 1.165) is 62.7 Å². The highest BCUT2D eigenvalue weighted by atomic mass is 15.3. The minimum atomic E-state index is 0.735. The first-order valence-electron chi connectivity index (χ1n) is 10.3. The second-order valence-corrected chi connectivity index (χ2v) is 8.11. The van der Waals surface area contributed by atoms with Crippen LogP contribution in [0.25, 0.3) is 0 Å². The van der Waals surface area contributed by atoms with Gasteiger partial charge < -0.3 is 19.6 Å². The van der Waals surface area contributed by atoms with Crippen LogP contribution in [0.5, 0.6) is 0 Å². The third-order valence-electron chi connectivity index (χ3n) is 6.05. The summed E-state index contributed by atoms with van der Waals surface area (Å²) in [5.41, 5.74) is 0. The van der Waals surface area contributed by atoms with E-state index >= 15 is 0 Å². The average molecular weight is 361 g/mol. The molecular weight excluding hydrogens is 324 g/mol. The van der Waals surface area contributed by atoms with Crippen molar-refractivity contribution in [3.8, 4) is 0 Å². The highest BCUT2D eigenvalue weighted by molar-refractivity contribution is 5.63. The summed E-state index contributed by atoms with van der Waals surface area (Å²) in [6.45, 7) is 13.5. The number of anilines is 2. The Kier molecular flexibility index (Phi) is 6.70. The third-order valence-corrected chi connectivity index (χ3v) is 6.05. The first-order chi connectivity index (χ1) is 12.6. The summed E-state index contributed by atoms with van der Waals surface area (Å²) in [6, 6.07) is 0. The molecular formula is C20H36N6. The van der Waals surface area contributed by atoms with Crippen molar-refractivity contribution < 1.29 is 0 Å². The summed E-state index contributed by atoms with van der Waals surface area (Å²) in [5.74, 6) is 3.66. The molecule has 6 nitrogen and oxygen atoms in total. The zero-order valence-electron chi connectivity index (χ0n) is 17.1. The molecule has 1 aromatic rings. The van der Waals surface area contributed by atoms with Gasteiger partial charge in [0.05, 0.1) is 0 Å². The largest absolute Gasteiger partial charge is 0.353 e. The molecule has 146 valence electrons. The van der Waals surface area contributed by atoms with E-state index in [9.17, 15) is 0 Å². The van der Waals surface area contributed by atoms with E-state index in [2.05, 4.69) is 47.5 Å². The van der Waals surface area contributed by atoms with E-state index in [-0.39, 0.29) is 0 Å². The maximum Gasteiger partial charge on any atom is 0.171 e. The monoisotopic (exact) mass is 360 g/mol.